The first-order valence-electron chi connectivity index (χ1n) is 9.03. The molecule has 8 heteroatoms. The average molecular weight is 402 g/mol. The highest BCUT2D eigenvalue weighted by molar-refractivity contribution is 5.87. The van der Waals surface area contributed by atoms with Crippen molar-refractivity contribution in [2.24, 2.45) is 4.99 Å². The maximum atomic E-state index is 12.7. The smallest absolute Gasteiger partial charge is 0.271 e. The highest BCUT2D eigenvalue weighted by Crippen LogP contribution is 2.26. The Labute approximate surface area is 172 Å². The number of aromatic hydroxyl groups is 1. The quantitative estimate of drug-likeness (QED) is 0.396. The monoisotopic (exact) mass is 402 g/mol. The fourth-order valence-corrected chi connectivity index (χ4v) is 3.02. The van der Waals surface area contributed by atoms with Gasteiger partial charge in [-0.05, 0) is 30.5 Å². The van der Waals surface area contributed by atoms with Gasteiger partial charge in [-0.2, -0.15) is 5.26 Å². The molecular weight excluding hydrogens is 384 g/mol. The summed E-state index contributed by atoms with van der Waals surface area (Å²) in [7, 11) is 0. The van der Waals surface area contributed by atoms with Crippen molar-refractivity contribution >= 4 is 17.6 Å². The van der Waals surface area contributed by atoms with E-state index in [-0.39, 0.29) is 34.8 Å². The van der Waals surface area contributed by atoms with Crippen LogP contribution in [0.4, 0.5) is 11.4 Å². The minimum absolute atomic E-state index is 0.0805. The molecule has 0 spiro atoms. The predicted octanol–water partition coefficient (Wildman–Crippen LogP) is 3.75. The first-order chi connectivity index (χ1) is 14.3. The minimum Gasteiger partial charge on any atom is -0.494 e. The molecule has 0 unspecified atom stereocenters. The van der Waals surface area contributed by atoms with Crippen molar-refractivity contribution in [2.75, 3.05) is 0 Å². The standard InChI is InChI=1S/C22H18N4O4/c1-14-8-9-17(26(29)30)10-20(14)24-12-19-15(2)18(11-23)21(27)25(22(19)28)13-16-6-4-3-5-7-16/h3-10,12,28H,13H2,1-2H3. The van der Waals surface area contributed by atoms with Crippen molar-refractivity contribution in [3.8, 4) is 11.9 Å². The van der Waals surface area contributed by atoms with Gasteiger partial charge in [-0.15, -0.1) is 0 Å². The van der Waals surface area contributed by atoms with Crippen LogP contribution in [0.5, 0.6) is 5.88 Å². The van der Waals surface area contributed by atoms with E-state index in [1.807, 2.05) is 24.3 Å². The fourth-order valence-electron chi connectivity index (χ4n) is 3.02. The molecule has 2 aromatic carbocycles. The number of nitrogens with zero attached hydrogens (tertiary/aromatic N) is 4. The van der Waals surface area contributed by atoms with Gasteiger partial charge < -0.3 is 5.11 Å². The van der Waals surface area contributed by atoms with Crippen molar-refractivity contribution in [3.05, 3.63) is 96.8 Å². The summed E-state index contributed by atoms with van der Waals surface area (Å²) in [5.74, 6) is -0.327. The molecule has 150 valence electrons. The zero-order valence-electron chi connectivity index (χ0n) is 16.4. The van der Waals surface area contributed by atoms with Gasteiger partial charge in [0.15, 0.2) is 0 Å². The second-order valence-electron chi connectivity index (χ2n) is 6.71. The van der Waals surface area contributed by atoms with E-state index in [4.69, 9.17) is 0 Å². The molecule has 3 aromatic rings. The van der Waals surface area contributed by atoms with Crippen LogP contribution in [-0.2, 0) is 6.54 Å². The van der Waals surface area contributed by atoms with Crippen molar-refractivity contribution in [1.82, 2.24) is 4.57 Å². The number of nitro groups is 1. The molecule has 0 aliphatic carbocycles. The molecule has 0 saturated heterocycles. The summed E-state index contributed by atoms with van der Waals surface area (Å²) in [6.45, 7) is 3.38. The van der Waals surface area contributed by atoms with E-state index in [0.29, 0.717) is 11.3 Å². The largest absolute Gasteiger partial charge is 0.494 e. The van der Waals surface area contributed by atoms with Gasteiger partial charge in [0.25, 0.3) is 11.2 Å². The number of nitro benzene ring substituents is 1. The number of benzene rings is 2. The first-order valence-corrected chi connectivity index (χ1v) is 9.03. The van der Waals surface area contributed by atoms with Gasteiger partial charge in [-0.3, -0.25) is 24.5 Å². The number of aromatic nitrogens is 1. The van der Waals surface area contributed by atoms with Gasteiger partial charge in [0.1, 0.15) is 11.6 Å². The van der Waals surface area contributed by atoms with Gasteiger partial charge in [0.05, 0.1) is 22.7 Å². The molecule has 0 saturated carbocycles. The summed E-state index contributed by atoms with van der Waals surface area (Å²) < 4.78 is 1.11. The zero-order chi connectivity index (χ0) is 21.8. The second-order valence-corrected chi connectivity index (χ2v) is 6.71. The maximum Gasteiger partial charge on any atom is 0.271 e. The number of rotatable bonds is 5. The Morgan fingerprint density at radius 3 is 2.57 bits per heavy atom. The van der Waals surface area contributed by atoms with Crippen LogP contribution < -0.4 is 5.56 Å². The summed E-state index contributed by atoms with van der Waals surface area (Å²) in [5, 5.41) is 31.3. The molecular formula is C22H18N4O4. The van der Waals surface area contributed by atoms with Gasteiger partial charge >= 0.3 is 0 Å². The Morgan fingerprint density at radius 1 is 1.23 bits per heavy atom. The van der Waals surface area contributed by atoms with Crippen LogP contribution in [0.15, 0.2) is 58.3 Å². The van der Waals surface area contributed by atoms with Crippen LogP contribution in [-0.4, -0.2) is 20.8 Å². The molecule has 1 N–H and O–H groups in total. The Kier molecular flexibility index (Phi) is 5.74. The van der Waals surface area contributed by atoms with Crippen LogP contribution in [0.25, 0.3) is 0 Å². The van der Waals surface area contributed by atoms with Crippen LogP contribution in [0.1, 0.15) is 27.8 Å². The van der Waals surface area contributed by atoms with Crippen LogP contribution in [0.3, 0.4) is 0 Å². The lowest BCUT2D eigenvalue weighted by Gasteiger charge is -2.14. The van der Waals surface area contributed by atoms with E-state index >= 15 is 0 Å². The molecule has 1 aromatic heterocycles. The predicted molar refractivity (Wildman–Crippen MR) is 112 cm³/mol. The summed E-state index contributed by atoms with van der Waals surface area (Å²) in [4.78, 5) is 27.5. The summed E-state index contributed by atoms with van der Waals surface area (Å²) in [6.07, 6.45) is 1.32. The Balaban J connectivity index is 2.14. The Hall–Kier alpha value is -4.25. The molecule has 0 atom stereocenters. The first kappa shape index (κ1) is 20.5. The molecule has 0 amide bonds. The minimum atomic E-state index is -0.597. The van der Waals surface area contributed by atoms with E-state index in [9.17, 15) is 25.3 Å². The third-order valence-electron chi connectivity index (χ3n) is 4.77. The number of hydrogen-bond acceptors (Lipinski definition) is 6. The zero-order valence-corrected chi connectivity index (χ0v) is 16.4. The average Bonchev–Trinajstić information content (AvgIpc) is 2.73. The number of pyridine rings is 1. The molecule has 1 heterocycles. The fraction of sp³-hybridized carbons (Fsp3) is 0.136. The summed E-state index contributed by atoms with van der Waals surface area (Å²) >= 11 is 0. The van der Waals surface area contributed by atoms with Crippen molar-refractivity contribution in [2.45, 2.75) is 20.4 Å². The topological polar surface area (TPSA) is 122 Å². The number of nitriles is 1. The molecule has 3 rings (SSSR count). The molecule has 0 aliphatic heterocycles. The van der Waals surface area contributed by atoms with E-state index in [2.05, 4.69) is 4.99 Å². The lowest BCUT2D eigenvalue weighted by Crippen LogP contribution is -2.25. The lowest BCUT2D eigenvalue weighted by molar-refractivity contribution is -0.384. The Morgan fingerprint density at radius 2 is 1.93 bits per heavy atom. The number of hydrogen-bond donors (Lipinski definition) is 1. The normalized spacial score (nSPS) is 10.8. The van der Waals surface area contributed by atoms with Crippen LogP contribution in [0, 0.1) is 35.3 Å². The highest BCUT2D eigenvalue weighted by atomic mass is 16.6. The molecule has 0 bridgehead atoms. The highest BCUT2D eigenvalue weighted by Gasteiger charge is 2.18. The van der Waals surface area contributed by atoms with E-state index < -0.39 is 10.5 Å². The van der Waals surface area contributed by atoms with E-state index in [1.165, 1.54) is 18.3 Å². The van der Waals surface area contributed by atoms with Gasteiger partial charge in [0, 0.05) is 18.3 Å². The Bertz CT molecular complexity index is 1250. The lowest BCUT2D eigenvalue weighted by atomic mass is 10.1. The number of aryl methyl sites for hydroxylation is 1. The van der Waals surface area contributed by atoms with E-state index in [0.717, 1.165) is 10.1 Å². The molecule has 0 radical (unpaired) electrons. The van der Waals surface area contributed by atoms with Crippen LogP contribution >= 0.6 is 0 Å². The van der Waals surface area contributed by atoms with Crippen LogP contribution in [0.2, 0.25) is 0 Å². The van der Waals surface area contributed by atoms with Gasteiger partial charge in [0.2, 0.25) is 5.88 Å². The molecule has 8 nitrogen and oxygen atoms in total. The van der Waals surface area contributed by atoms with Gasteiger partial charge in [-0.25, -0.2) is 0 Å². The third kappa shape index (κ3) is 3.95. The van der Waals surface area contributed by atoms with Crippen molar-refractivity contribution in [1.29, 1.82) is 5.26 Å². The SMILES string of the molecule is Cc1ccc([N+](=O)[O-])cc1N=Cc1c(C)c(C#N)c(=O)n(Cc2ccccc2)c1O. The summed E-state index contributed by atoms with van der Waals surface area (Å²) in [6, 6.07) is 15.2. The van der Waals surface area contributed by atoms with Gasteiger partial charge in [-0.1, -0.05) is 36.4 Å². The number of non-ortho nitro benzene ring substituents is 1. The molecule has 30 heavy (non-hydrogen) atoms. The third-order valence-corrected chi connectivity index (χ3v) is 4.77. The molecule has 0 aliphatic rings. The second kappa shape index (κ2) is 8.41. The summed E-state index contributed by atoms with van der Waals surface area (Å²) in [5.41, 5.74) is 1.51. The maximum absolute atomic E-state index is 12.7. The van der Waals surface area contributed by atoms with Crippen molar-refractivity contribution < 1.29 is 10.0 Å². The van der Waals surface area contributed by atoms with E-state index in [1.54, 1.807) is 32.0 Å². The van der Waals surface area contributed by atoms with Crippen molar-refractivity contribution in [3.63, 3.8) is 0 Å². The molecule has 0 fully saturated rings. The number of aliphatic imine (C=N–C) groups is 1.